The number of halogens is 3. The predicted octanol–water partition coefficient (Wildman–Crippen LogP) is 15.3. The van der Waals surface area contributed by atoms with Gasteiger partial charge in [0, 0.05) is 27.3 Å². The number of esters is 1. The lowest BCUT2D eigenvalue weighted by Gasteiger charge is -2.22. The Hall–Kier alpha value is -1.06. The fourth-order valence-corrected chi connectivity index (χ4v) is 6.68. The van der Waals surface area contributed by atoms with Gasteiger partial charge in [-0.1, -0.05) is 139 Å². The first-order valence-corrected chi connectivity index (χ1v) is 24.5. The number of hydrogen-bond acceptors (Lipinski definition) is 7. The van der Waals surface area contributed by atoms with E-state index < -0.39 is 15.2 Å². The van der Waals surface area contributed by atoms with Crippen LogP contribution in [0.15, 0.2) is 47.6 Å². The average Bonchev–Trinajstić information content (AvgIpc) is 3.18. The maximum atomic E-state index is 12.1. The van der Waals surface area contributed by atoms with Crippen LogP contribution in [0.25, 0.3) is 0 Å². The molecule has 0 fully saturated rings. The molecule has 60 heavy (non-hydrogen) atoms. The van der Waals surface area contributed by atoms with Crippen LogP contribution in [0.4, 0.5) is 0 Å². The van der Waals surface area contributed by atoms with Gasteiger partial charge >= 0.3 is 11.9 Å². The van der Waals surface area contributed by atoms with E-state index in [9.17, 15) is 14.4 Å². The molecule has 0 saturated carbocycles. The third kappa shape index (κ3) is 43.6. The van der Waals surface area contributed by atoms with Crippen LogP contribution < -0.4 is 0 Å². The Morgan fingerprint density at radius 3 is 1.28 bits per heavy atom. The Kier molecular flexibility index (Phi) is 61.8. The Bertz CT molecular complexity index is 1120. The summed E-state index contributed by atoms with van der Waals surface area (Å²) in [6.07, 6.45) is 22.5. The molecule has 0 amide bonds. The number of hydrogen-bond donors (Lipinski definition) is 3. The van der Waals surface area contributed by atoms with Crippen molar-refractivity contribution in [2.45, 2.75) is 193 Å². The van der Waals surface area contributed by atoms with E-state index >= 15 is 0 Å². The van der Waals surface area contributed by atoms with Gasteiger partial charge in [0.05, 0.1) is 18.4 Å². The molecule has 0 aliphatic heterocycles. The van der Waals surface area contributed by atoms with Crippen LogP contribution in [0.2, 0.25) is 0 Å². The zero-order valence-corrected chi connectivity index (χ0v) is 40.8. The summed E-state index contributed by atoms with van der Waals surface area (Å²) in [6.45, 7) is 25.3. The van der Waals surface area contributed by atoms with E-state index in [1.807, 2.05) is 13.8 Å². The molecule has 0 radical (unpaired) electrons. The lowest BCUT2D eigenvalue weighted by Crippen LogP contribution is -2.19. The van der Waals surface area contributed by atoms with Gasteiger partial charge in [-0.25, -0.2) is 4.21 Å². The zero-order chi connectivity index (χ0) is 44.8. The molecule has 360 valence electrons. The van der Waals surface area contributed by atoms with Crippen molar-refractivity contribution in [2.75, 3.05) is 13.2 Å². The van der Waals surface area contributed by atoms with Crippen molar-refractivity contribution in [1.82, 2.24) is 0 Å². The highest BCUT2D eigenvalue weighted by molar-refractivity contribution is 8.26. The van der Waals surface area contributed by atoms with Gasteiger partial charge in [-0.05, 0) is 135 Å². The van der Waals surface area contributed by atoms with E-state index in [0.29, 0.717) is 18.4 Å². The van der Waals surface area contributed by atoms with Crippen molar-refractivity contribution < 1.29 is 38.4 Å². The first-order chi connectivity index (χ1) is 27.0. The second kappa shape index (κ2) is 50.6. The molecule has 0 bridgehead atoms. The Balaban J connectivity index is -0.000000122. The largest absolute Gasteiger partial charge is 0.481 e. The summed E-state index contributed by atoms with van der Waals surface area (Å²) in [5.74, 6) is 0.733. The number of aliphatic carboxylic acids is 1. The van der Waals surface area contributed by atoms with Crippen LogP contribution in [0.5, 0.6) is 0 Å². The molecule has 0 saturated heterocycles. The normalized spacial score (nSPS) is 14.9. The lowest BCUT2D eigenvalue weighted by molar-refractivity contribution is -0.148. The summed E-state index contributed by atoms with van der Waals surface area (Å²) in [7, 11) is 8.77. The Morgan fingerprint density at radius 2 is 1.03 bits per heavy atom. The van der Waals surface area contributed by atoms with Crippen molar-refractivity contribution in [2.24, 2.45) is 29.6 Å². The summed E-state index contributed by atoms with van der Waals surface area (Å²) in [6, 6.07) is 0. The van der Waals surface area contributed by atoms with E-state index in [0.717, 1.165) is 109 Å². The number of ether oxygens (including phenoxy) is 1. The number of carbonyl (C=O) groups excluding carboxylic acids is 2. The van der Waals surface area contributed by atoms with Crippen molar-refractivity contribution >= 4 is 68.8 Å². The van der Waals surface area contributed by atoms with Gasteiger partial charge in [0.15, 0.2) is 0 Å². The van der Waals surface area contributed by atoms with Gasteiger partial charge in [0.25, 0.3) is 0 Å². The third-order valence-corrected chi connectivity index (χ3v) is 10.1. The quantitative estimate of drug-likeness (QED) is 0.0475. The minimum absolute atomic E-state index is 0. The summed E-state index contributed by atoms with van der Waals surface area (Å²) in [4.78, 5) is 40.2. The number of carbonyl (C=O) groups is 3. The van der Waals surface area contributed by atoms with Crippen LogP contribution in [0, 0.1) is 29.6 Å². The number of allylic oxidation sites excluding steroid dienone is 4. The molecule has 8 nitrogen and oxygen atoms in total. The van der Waals surface area contributed by atoms with E-state index in [1.54, 1.807) is 0 Å². The molecule has 0 aromatic carbocycles. The molecule has 3 atom stereocenters. The number of rotatable bonds is 20. The van der Waals surface area contributed by atoms with Crippen LogP contribution >= 0.6 is 42.4 Å². The maximum absolute atomic E-state index is 12.1. The van der Waals surface area contributed by atoms with E-state index in [1.165, 1.54) is 38.2 Å². The topological polar surface area (TPSA) is 138 Å². The van der Waals surface area contributed by atoms with Gasteiger partial charge in [-0.3, -0.25) is 14.4 Å². The van der Waals surface area contributed by atoms with E-state index in [4.69, 9.17) is 35.7 Å². The SMILES string of the molecule is C.C.C.C=C(C)[C@@H]1CC=C(CO)CC1.C=C(C)[C@@H]1CC=C(COC(=O)C(CCC)CCC)CC1.CCCC(CCC)C(=O)Cl.CCCC(CCC)C(=O)O.O=S(Cl)Cl.OP. The molecule has 2 aliphatic carbocycles. The second-order valence-corrected chi connectivity index (χ2v) is 17.7. The first kappa shape index (κ1) is 73.3. The molecule has 2 rings (SSSR count). The van der Waals surface area contributed by atoms with E-state index in [-0.39, 0.29) is 57.9 Å². The summed E-state index contributed by atoms with van der Waals surface area (Å²) < 4.78 is 14.6. The summed E-state index contributed by atoms with van der Waals surface area (Å²) in [5, 5.41) is 17.3. The number of aliphatic hydroxyl groups excluding tert-OH is 1. The number of aliphatic hydroxyl groups is 1. The molecular formula is C47H92Cl3O8PS. The predicted molar refractivity (Wildman–Crippen MR) is 269 cm³/mol. The summed E-state index contributed by atoms with van der Waals surface area (Å²) in [5.41, 5.74) is 5.02. The minimum atomic E-state index is -1.67. The van der Waals surface area contributed by atoms with Crippen molar-refractivity contribution in [1.29, 1.82) is 0 Å². The zero-order valence-electron chi connectivity index (χ0n) is 36.6. The monoisotopic (exact) mass is 953 g/mol. The highest BCUT2D eigenvalue weighted by Gasteiger charge is 2.20. The third-order valence-electron chi connectivity index (χ3n) is 9.83. The molecule has 2 aliphatic rings. The smallest absolute Gasteiger partial charge is 0.309 e. The lowest BCUT2D eigenvalue weighted by atomic mass is 9.86. The average molecular weight is 955 g/mol. The maximum Gasteiger partial charge on any atom is 0.309 e. The van der Waals surface area contributed by atoms with Gasteiger partial charge in [0.2, 0.25) is 14.5 Å². The van der Waals surface area contributed by atoms with Crippen LogP contribution in [-0.2, 0) is 28.3 Å². The van der Waals surface area contributed by atoms with Gasteiger partial charge in [-0.15, -0.1) is 0 Å². The fourth-order valence-electron chi connectivity index (χ4n) is 6.46. The fraction of sp³-hybridized carbons (Fsp3) is 0.766. The number of carboxylic acids is 1. The molecule has 3 N–H and O–H groups in total. The van der Waals surface area contributed by atoms with Gasteiger partial charge in [-0.2, -0.15) is 0 Å². The number of carboxylic acid groups (broad SMARTS) is 1. The van der Waals surface area contributed by atoms with E-state index in [2.05, 4.69) is 88.2 Å². The van der Waals surface area contributed by atoms with Crippen molar-refractivity contribution in [3.8, 4) is 0 Å². The molecule has 0 aromatic heterocycles. The van der Waals surface area contributed by atoms with Crippen LogP contribution in [0.1, 0.15) is 193 Å². The minimum Gasteiger partial charge on any atom is -0.481 e. The first-order valence-electron chi connectivity index (χ1n) is 20.9. The molecule has 0 aromatic rings. The standard InChI is InChI=1S/C18H30O2.C10H16O.C8H15ClO.C8H16O2.3CH4.Cl2OS.H3OP/c1-5-7-17(8-6-2)18(19)20-13-15-9-11-16(12-10-15)14(3)4;1-8(2)10-5-3-9(7-11)4-6-10;2*1-3-5-7(6-4-2)8(9)10;;;;1-4(2)3;1-2/h9,16-17H,3,5-8,10-13H2,1-2,4H3;3,10-11H,1,4-7H2,2H3;7H,3-6H2,1-2H3;7H,3-6H2,1-2H3,(H,9,10);3*1H4;;1H,2H2/t16-;10-;;;;;;;/m11......./s1. The summed E-state index contributed by atoms with van der Waals surface area (Å²) >= 11 is 5.36. The van der Waals surface area contributed by atoms with Crippen LogP contribution in [-0.4, -0.2) is 49.7 Å². The molecule has 0 heterocycles. The Labute approximate surface area is 388 Å². The van der Waals surface area contributed by atoms with Crippen LogP contribution in [0.3, 0.4) is 0 Å². The molecule has 0 spiro atoms. The highest BCUT2D eigenvalue weighted by Crippen LogP contribution is 2.29. The van der Waals surface area contributed by atoms with Crippen molar-refractivity contribution in [3.05, 3.63) is 47.6 Å². The highest BCUT2D eigenvalue weighted by atomic mass is 36.0. The van der Waals surface area contributed by atoms with Crippen molar-refractivity contribution in [3.63, 3.8) is 0 Å². The second-order valence-electron chi connectivity index (χ2n) is 14.8. The molecular weight excluding hydrogens is 862 g/mol. The Morgan fingerprint density at radius 1 is 0.717 bits per heavy atom. The van der Waals surface area contributed by atoms with Gasteiger partial charge < -0.3 is 19.8 Å². The molecule has 13 heteroatoms. The van der Waals surface area contributed by atoms with Gasteiger partial charge in [0.1, 0.15) is 6.61 Å². The molecule has 1 unspecified atom stereocenters.